The molecule has 0 radical (unpaired) electrons. The van der Waals surface area contributed by atoms with Crippen molar-refractivity contribution < 1.29 is 9.53 Å². The smallest absolute Gasteiger partial charge is 0.161 e. The van der Waals surface area contributed by atoms with Crippen molar-refractivity contribution in [2.45, 2.75) is 45.6 Å². The highest BCUT2D eigenvalue weighted by atomic mass is 16.5. The fraction of sp³-hybridized carbons (Fsp3) is 0.889. The Balaban J connectivity index is 3.36. The van der Waals surface area contributed by atoms with Crippen LogP contribution in [0.5, 0.6) is 0 Å². The number of ether oxygens (including phenoxy) is 1. The Kier molecular flexibility index (Phi) is 6.13. The number of methoxy groups -OCH3 is 1. The van der Waals surface area contributed by atoms with E-state index in [1.54, 1.807) is 14.0 Å². The topological polar surface area (TPSA) is 26.3 Å². The van der Waals surface area contributed by atoms with Crippen molar-refractivity contribution in [1.29, 1.82) is 0 Å². The normalized spacial score (nSPS) is 13.0. The highest BCUT2D eigenvalue weighted by Gasteiger charge is 2.09. The summed E-state index contributed by atoms with van der Waals surface area (Å²) in [6.45, 7) is 3.93. The van der Waals surface area contributed by atoms with Crippen molar-refractivity contribution >= 4 is 5.78 Å². The van der Waals surface area contributed by atoms with E-state index in [0.29, 0.717) is 6.42 Å². The summed E-state index contributed by atoms with van der Waals surface area (Å²) in [7, 11) is 1.57. The van der Waals surface area contributed by atoms with Crippen LogP contribution in [0.1, 0.15) is 39.5 Å². The third kappa shape index (κ3) is 4.96. The van der Waals surface area contributed by atoms with Gasteiger partial charge < -0.3 is 4.74 Å². The van der Waals surface area contributed by atoms with Crippen LogP contribution in [0.15, 0.2) is 0 Å². The summed E-state index contributed by atoms with van der Waals surface area (Å²) in [6, 6.07) is 0. The van der Waals surface area contributed by atoms with Gasteiger partial charge in [0.25, 0.3) is 0 Å². The molecule has 2 heteroatoms. The molecule has 0 aliphatic rings. The monoisotopic (exact) mass is 158 g/mol. The second kappa shape index (κ2) is 6.35. The molecule has 0 amide bonds. The number of rotatable bonds is 6. The first-order valence-electron chi connectivity index (χ1n) is 4.27. The van der Waals surface area contributed by atoms with E-state index in [2.05, 4.69) is 6.92 Å². The Morgan fingerprint density at radius 3 is 2.55 bits per heavy atom. The van der Waals surface area contributed by atoms with E-state index < -0.39 is 0 Å². The van der Waals surface area contributed by atoms with Gasteiger partial charge in [0, 0.05) is 13.5 Å². The molecule has 1 unspecified atom stereocenters. The molecule has 0 aromatic heterocycles. The lowest BCUT2D eigenvalue weighted by Crippen LogP contribution is -2.18. The van der Waals surface area contributed by atoms with Crippen molar-refractivity contribution in [3.63, 3.8) is 0 Å². The summed E-state index contributed by atoms with van der Waals surface area (Å²) in [5.74, 6) is 0.223. The van der Waals surface area contributed by atoms with E-state index in [1.807, 2.05) is 0 Å². The molecule has 1 atom stereocenters. The lowest BCUT2D eigenvalue weighted by Gasteiger charge is -2.06. The Bertz CT molecular complexity index is 110. The summed E-state index contributed by atoms with van der Waals surface area (Å²) < 4.78 is 4.89. The summed E-state index contributed by atoms with van der Waals surface area (Å²) in [5.41, 5.74) is 0. The average Bonchev–Trinajstić information content (AvgIpc) is 2.03. The van der Waals surface area contributed by atoms with E-state index in [4.69, 9.17) is 4.74 Å². The minimum atomic E-state index is -0.216. The number of unbranched alkanes of at least 4 members (excludes halogenated alkanes) is 2. The van der Waals surface area contributed by atoms with E-state index in [-0.39, 0.29) is 11.9 Å². The van der Waals surface area contributed by atoms with Crippen molar-refractivity contribution in [3.8, 4) is 0 Å². The van der Waals surface area contributed by atoms with Gasteiger partial charge in [-0.05, 0) is 13.3 Å². The van der Waals surface area contributed by atoms with Gasteiger partial charge in [-0.3, -0.25) is 4.79 Å². The largest absolute Gasteiger partial charge is 0.374 e. The second-order valence-electron chi connectivity index (χ2n) is 2.80. The van der Waals surface area contributed by atoms with Crippen LogP contribution in [0.4, 0.5) is 0 Å². The lowest BCUT2D eigenvalue weighted by atomic mass is 10.1. The van der Waals surface area contributed by atoms with Gasteiger partial charge in [-0.15, -0.1) is 0 Å². The number of carbonyl (C=O) groups excluding carboxylic acids is 1. The third-order valence-corrected chi connectivity index (χ3v) is 1.83. The molecule has 0 aromatic rings. The maximum atomic E-state index is 11.1. The van der Waals surface area contributed by atoms with E-state index in [1.165, 1.54) is 0 Å². The average molecular weight is 158 g/mol. The number of hydrogen-bond donors (Lipinski definition) is 0. The first-order chi connectivity index (χ1) is 5.22. The minimum absolute atomic E-state index is 0.216. The molecule has 0 aromatic carbocycles. The van der Waals surface area contributed by atoms with Crippen molar-refractivity contribution in [3.05, 3.63) is 0 Å². The molecular weight excluding hydrogens is 140 g/mol. The zero-order valence-corrected chi connectivity index (χ0v) is 7.72. The summed E-state index contributed by atoms with van der Waals surface area (Å²) in [5, 5.41) is 0. The number of hydrogen-bond acceptors (Lipinski definition) is 2. The summed E-state index contributed by atoms with van der Waals surface area (Å²) in [6.07, 6.45) is 3.76. The fourth-order valence-corrected chi connectivity index (χ4v) is 0.884. The first-order valence-corrected chi connectivity index (χ1v) is 4.27. The van der Waals surface area contributed by atoms with Crippen LogP contribution >= 0.6 is 0 Å². The van der Waals surface area contributed by atoms with Crippen LogP contribution in [0, 0.1) is 0 Å². The molecule has 0 fully saturated rings. The molecule has 0 saturated carbocycles. The maximum Gasteiger partial charge on any atom is 0.161 e. The highest BCUT2D eigenvalue weighted by molar-refractivity contribution is 5.82. The molecule has 2 nitrogen and oxygen atoms in total. The van der Waals surface area contributed by atoms with Gasteiger partial charge in [0.2, 0.25) is 0 Å². The molecule has 0 aliphatic heterocycles. The SMILES string of the molecule is CCCCCC(=O)C(C)OC. The summed E-state index contributed by atoms with van der Waals surface area (Å²) >= 11 is 0. The molecule has 0 rings (SSSR count). The Labute approximate surface area is 68.9 Å². The predicted molar refractivity (Wildman–Crippen MR) is 45.6 cm³/mol. The van der Waals surface area contributed by atoms with Crippen LogP contribution in [0.3, 0.4) is 0 Å². The Morgan fingerprint density at radius 1 is 1.45 bits per heavy atom. The van der Waals surface area contributed by atoms with Gasteiger partial charge in [-0.1, -0.05) is 19.8 Å². The number of carbonyl (C=O) groups is 1. The molecule has 0 bridgehead atoms. The molecule has 66 valence electrons. The maximum absolute atomic E-state index is 11.1. The van der Waals surface area contributed by atoms with Gasteiger partial charge >= 0.3 is 0 Å². The van der Waals surface area contributed by atoms with Crippen LogP contribution in [0.2, 0.25) is 0 Å². The van der Waals surface area contributed by atoms with Crippen molar-refractivity contribution in [1.82, 2.24) is 0 Å². The molecule has 0 spiro atoms. The Hall–Kier alpha value is -0.370. The molecular formula is C9H18O2. The van der Waals surface area contributed by atoms with Crippen LogP contribution in [-0.2, 0) is 9.53 Å². The van der Waals surface area contributed by atoms with Crippen molar-refractivity contribution in [2.24, 2.45) is 0 Å². The zero-order chi connectivity index (χ0) is 8.69. The lowest BCUT2D eigenvalue weighted by molar-refractivity contribution is -0.127. The Morgan fingerprint density at radius 2 is 2.09 bits per heavy atom. The van der Waals surface area contributed by atoms with E-state index >= 15 is 0 Å². The van der Waals surface area contributed by atoms with Gasteiger partial charge in [-0.25, -0.2) is 0 Å². The minimum Gasteiger partial charge on any atom is -0.374 e. The zero-order valence-electron chi connectivity index (χ0n) is 7.72. The van der Waals surface area contributed by atoms with E-state index in [0.717, 1.165) is 19.3 Å². The third-order valence-electron chi connectivity index (χ3n) is 1.83. The van der Waals surface area contributed by atoms with Crippen LogP contribution in [0.25, 0.3) is 0 Å². The van der Waals surface area contributed by atoms with Crippen LogP contribution in [-0.4, -0.2) is 19.0 Å². The standard InChI is InChI=1S/C9H18O2/c1-4-5-6-7-9(10)8(2)11-3/h8H,4-7H2,1-3H3. The number of Topliss-reactive ketones (excluding diaryl/α,β-unsaturated/α-hetero) is 1. The molecule has 0 aliphatic carbocycles. The van der Waals surface area contributed by atoms with Gasteiger partial charge in [0.1, 0.15) is 6.10 Å². The highest BCUT2D eigenvalue weighted by Crippen LogP contribution is 2.03. The predicted octanol–water partition coefficient (Wildman–Crippen LogP) is 2.17. The van der Waals surface area contributed by atoms with E-state index in [9.17, 15) is 4.79 Å². The van der Waals surface area contributed by atoms with Crippen LogP contribution < -0.4 is 0 Å². The quantitative estimate of drug-likeness (QED) is 0.554. The molecule has 0 heterocycles. The molecule has 0 N–H and O–H groups in total. The van der Waals surface area contributed by atoms with Gasteiger partial charge in [0.05, 0.1) is 0 Å². The second-order valence-corrected chi connectivity index (χ2v) is 2.80. The van der Waals surface area contributed by atoms with Crippen molar-refractivity contribution in [2.75, 3.05) is 7.11 Å². The molecule has 11 heavy (non-hydrogen) atoms. The summed E-state index contributed by atoms with van der Waals surface area (Å²) in [4.78, 5) is 11.1. The first kappa shape index (κ1) is 10.6. The fourth-order valence-electron chi connectivity index (χ4n) is 0.884. The number of ketones is 1. The molecule has 0 saturated heterocycles. The van der Waals surface area contributed by atoms with Gasteiger partial charge in [-0.2, -0.15) is 0 Å². The van der Waals surface area contributed by atoms with Gasteiger partial charge in [0.15, 0.2) is 5.78 Å².